The minimum Gasteiger partial charge on any atom is -0.502 e. The number of aromatic hydroxyl groups is 1. The van der Waals surface area contributed by atoms with Crippen LogP contribution >= 0.6 is 0 Å². The van der Waals surface area contributed by atoms with E-state index < -0.39 is 182 Å². The number of aliphatic hydroxyl groups excluding tert-OH is 1. The van der Waals surface area contributed by atoms with Crippen LogP contribution in [0.1, 0.15) is 31.2 Å². The normalized spacial score (nSPS) is 25.6. The summed E-state index contributed by atoms with van der Waals surface area (Å²) in [4.78, 5) is 152. The molecule has 1 aromatic carbocycles. The molecule has 3 rings (SSSR count). The van der Waals surface area contributed by atoms with Crippen LogP contribution in [0.5, 0.6) is 5.75 Å². The van der Waals surface area contributed by atoms with E-state index in [1.54, 1.807) is 0 Å². The fraction of sp³-hybridized carbons (Fsp3) is 0.485. The smallest absolute Gasteiger partial charge is 0.310 e. The second kappa shape index (κ2) is 21.5. The zero-order valence-corrected chi connectivity index (χ0v) is 31.9. The lowest BCUT2D eigenvalue weighted by Crippen LogP contribution is -2.58. The summed E-state index contributed by atoms with van der Waals surface area (Å²) in [5, 5.41) is 56.1. The van der Waals surface area contributed by atoms with E-state index in [4.69, 9.17) is 17.2 Å². The van der Waals surface area contributed by atoms with E-state index in [0.717, 1.165) is 17.0 Å². The van der Waals surface area contributed by atoms with Gasteiger partial charge < -0.3 is 74.6 Å². The molecular formula is C33H44N12O16. The van der Waals surface area contributed by atoms with Gasteiger partial charge in [-0.1, -0.05) is 6.07 Å². The van der Waals surface area contributed by atoms with Crippen LogP contribution in [0.3, 0.4) is 0 Å². The second-order valence-corrected chi connectivity index (χ2v) is 13.8. The Kier molecular flexibility index (Phi) is 16.9. The van der Waals surface area contributed by atoms with Gasteiger partial charge in [-0.3, -0.25) is 62.9 Å². The van der Waals surface area contributed by atoms with Crippen molar-refractivity contribution in [3.63, 3.8) is 0 Å². The number of fused-ring (bicyclic) bond motifs is 1. The summed E-state index contributed by atoms with van der Waals surface area (Å²) in [6.45, 7) is -3.02. The summed E-state index contributed by atoms with van der Waals surface area (Å²) >= 11 is 0. The maximum absolute atomic E-state index is 13.5. The fourth-order valence-corrected chi connectivity index (χ4v) is 5.96. The van der Waals surface area contributed by atoms with Gasteiger partial charge in [0.1, 0.15) is 36.3 Å². The quantitative estimate of drug-likeness (QED) is 0.0852. The molecule has 10 amide bonds. The first-order valence-electron chi connectivity index (χ1n) is 18.1. The molecule has 2 fully saturated rings. The van der Waals surface area contributed by atoms with Gasteiger partial charge in [0.15, 0.2) is 5.75 Å². The summed E-state index contributed by atoms with van der Waals surface area (Å²) < 4.78 is 0. The van der Waals surface area contributed by atoms with Crippen LogP contribution < -0.4 is 54.4 Å². The summed E-state index contributed by atoms with van der Waals surface area (Å²) in [5.74, 6) is -13.7. The van der Waals surface area contributed by atoms with E-state index in [-0.39, 0.29) is 5.56 Å². The van der Waals surface area contributed by atoms with Gasteiger partial charge in [0.05, 0.1) is 43.4 Å². The monoisotopic (exact) mass is 864 g/mol. The number of nitrogens with zero attached hydrogens (tertiary/aromatic N) is 2. The topological polar surface area (TPSA) is 457 Å². The maximum Gasteiger partial charge on any atom is 0.310 e. The summed E-state index contributed by atoms with van der Waals surface area (Å²) in [5.41, 5.74) is 15.7. The van der Waals surface area contributed by atoms with Crippen LogP contribution in [0.25, 0.3) is 0 Å². The van der Waals surface area contributed by atoms with Gasteiger partial charge >= 0.3 is 11.7 Å². The molecule has 61 heavy (non-hydrogen) atoms. The highest BCUT2D eigenvalue weighted by molar-refractivity contribution is 5.99. The molecule has 0 spiro atoms. The molecule has 0 bridgehead atoms. The molecule has 332 valence electrons. The second-order valence-electron chi connectivity index (χ2n) is 13.8. The van der Waals surface area contributed by atoms with Crippen LogP contribution in [0.2, 0.25) is 0 Å². The third-order valence-electron chi connectivity index (χ3n) is 9.02. The Bertz CT molecular complexity index is 1960. The summed E-state index contributed by atoms with van der Waals surface area (Å²) in [6, 6.07) is -7.36. The molecule has 0 unspecified atom stereocenters. The predicted molar refractivity (Wildman–Crippen MR) is 199 cm³/mol. The first kappa shape index (κ1) is 47.9. The molecule has 2 aliphatic rings. The molecule has 28 heteroatoms. The number of nitrogens with one attached hydrogen (secondary N) is 7. The molecular weight excluding hydrogens is 820 g/mol. The number of nitro groups is 1. The lowest BCUT2D eigenvalue weighted by Gasteiger charge is -2.27. The number of hydrogen-bond donors (Lipinski definition) is 13. The number of phenolic OH excluding ortho intramolecular Hbond substituents is 1. The number of carboxylic acid groups (broad SMARTS) is 1. The van der Waals surface area contributed by atoms with Gasteiger partial charge in [-0.25, -0.2) is 0 Å². The third-order valence-corrected chi connectivity index (χ3v) is 9.02. The van der Waals surface area contributed by atoms with E-state index in [1.165, 1.54) is 6.07 Å². The molecule has 0 aliphatic carbocycles. The number of nitrogens with two attached hydrogens (primary N) is 3. The van der Waals surface area contributed by atoms with E-state index >= 15 is 0 Å². The maximum atomic E-state index is 13.5. The SMILES string of the molecule is NC(=O)C[C@@H]1NC(=O)[C@@H]2C[C@@H](O)CN2C(=O)CNC(=O)[C@H](Cc2ccc(O)c([N+](=O)[O-])c2)NC(=O)CNC(=O)[C@@H](CC(=O)O)NC(=O)[C@H](N)CNC(=O)C[C@H](C(N)=O)NC1=O. The number of benzene rings is 1. The lowest BCUT2D eigenvalue weighted by atomic mass is 10.0. The standard InChI is InChI=1S/C33H44N12O16/c34-15-9-37-24(49)7-16(28(36)54)41-32(58)18(6-23(35)48)43-33(59)21-5-14(46)12-44(21)26(51)11-39-30(56)17(3-13-1-2-22(47)20(4-13)45(60)61)40-25(50)10-38-31(57)19(8-27(52)53)42-29(15)55/h1-2,4,14-19,21,46-47H,3,5-12,34H2,(H2,35,48)(H2,36,54)(H,37,49)(H,38,57)(H,39,56)(H,40,50)(H,41,58)(H,42,55)(H,43,59)(H,52,53)/t14-,15-,16-,17+,18+,19-,21+/m1/s1. The van der Waals surface area contributed by atoms with Crippen molar-refractivity contribution in [2.24, 2.45) is 17.2 Å². The van der Waals surface area contributed by atoms with Gasteiger partial charge in [0.2, 0.25) is 59.1 Å². The number of carbonyl (C=O) groups is 11. The van der Waals surface area contributed by atoms with Crippen LogP contribution in [0.15, 0.2) is 18.2 Å². The van der Waals surface area contributed by atoms with Crippen molar-refractivity contribution in [2.45, 2.75) is 74.5 Å². The van der Waals surface area contributed by atoms with Crippen molar-refractivity contribution in [3.05, 3.63) is 33.9 Å². The minimum atomic E-state index is -1.86. The number of nitro benzene ring substituents is 1. The van der Waals surface area contributed by atoms with E-state index in [0.29, 0.717) is 0 Å². The van der Waals surface area contributed by atoms with Gasteiger partial charge in [-0.2, -0.15) is 0 Å². The minimum absolute atomic E-state index is 0.00726. The first-order chi connectivity index (χ1) is 28.6. The molecule has 28 nitrogen and oxygen atoms in total. The number of hydrogen-bond acceptors (Lipinski definition) is 16. The van der Waals surface area contributed by atoms with Gasteiger partial charge in [-0.15, -0.1) is 0 Å². The molecule has 2 heterocycles. The van der Waals surface area contributed by atoms with E-state index in [2.05, 4.69) is 37.2 Å². The molecule has 0 aromatic heterocycles. The molecule has 1 aromatic rings. The predicted octanol–water partition coefficient (Wildman–Crippen LogP) is -8.34. The average molecular weight is 865 g/mol. The number of aliphatic hydroxyl groups is 1. The fourth-order valence-electron chi connectivity index (χ4n) is 5.96. The number of rotatable bonds is 8. The molecule has 0 saturated carbocycles. The number of carboxylic acids is 1. The number of aliphatic carboxylic acids is 1. The third kappa shape index (κ3) is 14.4. The summed E-state index contributed by atoms with van der Waals surface area (Å²) in [7, 11) is 0. The van der Waals surface area contributed by atoms with Crippen molar-refractivity contribution < 1.29 is 73.0 Å². The molecule has 7 atom stereocenters. The summed E-state index contributed by atoms with van der Waals surface area (Å²) in [6.07, 6.45) is -5.04. The number of carbonyl (C=O) groups excluding carboxylic acids is 10. The number of phenols is 1. The van der Waals surface area contributed by atoms with Crippen LogP contribution in [0, 0.1) is 10.1 Å². The van der Waals surface area contributed by atoms with Gasteiger partial charge in [0.25, 0.3) is 0 Å². The lowest BCUT2D eigenvalue weighted by molar-refractivity contribution is -0.385. The highest BCUT2D eigenvalue weighted by Gasteiger charge is 2.41. The zero-order valence-electron chi connectivity index (χ0n) is 31.9. The average Bonchev–Trinajstić information content (AvgIpc) is 3.58. The highest BCUT2D eigenvalue weighted by atomic mass is 16.6. The van der Waals surface area contributed by atoms with Crippen molar-refractivity contribution in [1.29, 1.82) is 0 Å². The van der Waals surface area contributed by atoms with Crippen LogP contribution in [-0.4, -0.2) is 159 Å². The molecule has 0 radical (unpaired) electrons. The number of primary amides is 2. The highest BCUT2D eigenvalue weighted by Crippen LogP contribution is 2.27. The number of amides is 10. The van der Waals surface area contributed by atoms with Gasteiger partial charge in [-0.05, 0) is 11.6 Å². The van der Waals surface area contributed by atoms with Crippen molar-refractivity contribution in [1.82, 2.24) is 42.1 Å². The Labute approximate surface area is 343 Å². The zero-order chi connectivity index (χ0) is 45.7. The molecule has 16 N–H and O–H groups in total. The van der Waals surface area contributed by atoms with Crippen LogP contribution in [0.4, 0.5) is 5.69 Å². The van der Waals surface area contributed by atoms with Crippen LogP contribution in [-0.2, 0) is 59.2 Å². The Morgan fingerprint density at radius 3 is 2.05 bits per heavy atom. The van der Waals surface area contributed by atoms with Gasteiger partial charge in [0, 0.05) is 32.0 Å². The molecule has 2 aliphatic heterocycles. The van der Waals surface area contributed by atoms with Crippen molar-refractivity contribution in [3.8, 4) is 5.75 Å². The Morgan fingerprint density at radius 1 is 0.803 bits per heavy atom. The molecule has 2 saturated heterocycles. The Balaban J connectivity index is 1.98. The van der Waals surface area contributed by atoms with Crippen molar-refractivity contribution >= 4 is 70.7 Å². The van der Waals surface area contributed by atoms with Crippen molar-refractivity contribution in [2.75, 3.05) is 26.2 Å². The largest absolute Gasteiger partial charge is 0.502 e. The van der Waals surface area contributed by atoms with E-state index in [1.807, 2.05) is 0 Å². The Morgan fingerprint density at radius 2 is 1.43 bits per heavy atom. The Hall–Kier alpha value is -7.49. The first-order valence-corrected chi connectivity index (χ1v) is 18.1. The van der Waals surface area contributed by atoms with E-state index in [9.17, 15) is 78.2 Å².